The fourth-order valence-corrected chi connectivity index (χ4v) is 3.69. The van der Waals surface area contributed by atoms with Crippen molar-refractivity contribution in [3.63, 3.8) is 0 Å². The highest BCUT2D eigenvalue weighted by Gasteiger charge is 2.40. The number of aliphatic carboxylic acids is 1. The lowest BCUT2D eigenvalue weighted by Crippen LogP contribution is -2.46. The molecule has 24 heavy (non-hydrogen) atoms. The molecular weight excluding hydrogens is 302 g/mol. The fraction of sp³-hybridized carbons (Fsp3) is 0.600. The zero-order chi connectivity index (χ0) is 17.4. The lowest BCUT2D eigenvalue weighted by molar-refractivity contribution is -0.137. The molecule has 0 saturated heterocycles. The molecule has 4 nitrogen and oxygen atoms in total. The highest BCUT2D eigenvalue weighted by Crippen LogP contribution is 2.40. The van der Waals surface area contributed by atoms with E-state index in [4.69, 9.17) is 5.11 Å². The van der Waals surface area contributed by atoms with Gasteiger partial charge in [0.1, 0.15) is 0 Å². The van der Waals surface area contributed by atoms with E-state index in [-0.39, 0.29) is 17.7 Å². The lowest BCUT2D eigenvalue weighted by Gasteiger charge is -2.36. The highest BCUT2D eigenvalue weighted by atomic mass is 16.4. The monoisotopic (exact) mass is 331 g/mol. The first kappa shape index (κ1) is 18.5. The van der Waals surface area contributed by atoms with Crippen LogP contribution in [0.15, 0.2) is 24.3 Å². The number of hydrogen-bond acceptors (Lipinski definition) is 2. The van der Waals surface area contributed by atoms with Crippen LogP contribution in [0.1, 0.15) is 68.9 Å². The number of unbranched alkanes of at least 4 members (excludes halogenated alkanes) is 2. The van der Waals surface area contributed by atoms with E-state index >= 15 is 0 Å². The fourth-order valence-electron chi connectivity index (χ4n) is 3.69. The molecule has 0 atom stereocenters. The molecule has 0 radical (unpaired) electrons. The molecule has 1 aliphatic rings. The molecule has 2 rings (SSSR count). The number of hydrogen-bond donors (Lipinski definition) is 2. The lowest BCUT2D eigenvalue weighted by atomic mass is 9.68. The number of benzene rings is 1. The topological polar surface area (TPSA) is 66.4 Å². The molecule has 1 fully saturated rings. The van der Waals surface area contributed by atoms with Crippen molar-refractivity contribution in [3.8, 4) is 0 Å². The van der Waals surface area contributed by atoms with Crippen molar-refractivity contribution in [2.24, 2.45) is 0 Å². The number of amides is 1. The molecule has 0 spiro atoms. The summed E-state index contributed by atoms with van der Waals surface area (Å²) in [6.45, 7) is 2.70. The maximum Gasteiger partial charge on any atom is 0.303 e. The summed E-state index contributed by atoms with van der Waals surface area (Å²) < 4.78 is 0. The number of nitrogens with one attached hydrogen (secondary N) is 1. The van der Waals surface area contributed by atoms with E-state index in [1.165, 1.54) is 12.0 Å². The van der Waals surface area contributed by atoms with Crippen LogP contribution in [0, 0.1) is 6.92 Å². The van der Waals surface area contributed by atoms with Crippen molar-refractivity contribution < 1.29 is 14.7 Å². The normalized spacial score (nSPS) is 16.5. The summed E-state index contributed by atoms with van der Waals surface area (Å²) in [5.41, 5.74) is 1.95. The second-order valence-electron chi connectivity index (χ2n) is 6.97. The Kier molecular flexibility index (Phi) is 6.83. The number of carboxylic acid groups (broad SMARTS) is 1. The Labute approximate surface area is 144 Å². The van der Waals surface area contributed by atoms with Gasteiger partial charge in [-0.05, 0) is 38.2 Å². The molecule has 0 aromatic heterocycles. The van der Waals surface area contributed by atoms with Crippen molar-refractivity contribution in [3.05, 3.63) is 35.4 Å². The molecule has 1 amide bonds. The van der Waals surface area contributed by atoms with Gasteiger partial charge >= 0.3 is 5.97 Å². The number of carbonyl (C=O) groups excluding carboxylic acids is 1. The average Bonchev–Trinajstić information content (AvgIpc) is 2.58. The van der Waals surface area contributed by atoms with Crippen LogP contribution in [0.25, 0.3) is 0 Å². The zero-order valence-electron chi connectivity index (χ0n) is 14.6. The number of carboxylic acids is 1. The summed E-state index contributed by atoms with van der Waals surface area (Å²) in [4.78, 5) is 23.5. The minimum Gasteiger partial charge on any atom is -0.481 e. The van der Waals surface area contributed by atoms with E-state index in [1.54, 1.807) is 0 Å². The van der Waals surface area contributed by atoms with E-state index in [0.717, 1.165) is 44.1 Å². The molecule has 0 bridgehead atoms. The van der Waals surface area contributed by atoms with Gasteiger partial charge in [-0.1, -0.05) is 55.5 Å². The van der Waals surface area contributed by atoms with Crippen molar-refractivity contribution in [2.45, 2.75) is 70.1 Å². The number of carbonyl (C=O) groups is 2. The molecule has 4 heteroatoms. The second-order valence-corrected chi connectivity index (χ2v) is 6.97. The average molecular weight is 331 g/mol. The van der Waals surface area contributed by atoms with Gasteiger partial charge in [0, 0.05) is 13.0 Å². The first-order chi connectivity index (χ1) is 11.5. The van der Waals surface area contributed by atoms with Crippen LogP contribution in [-0.4, -0.2) is 23.5 Å². The van der Waals surface area contributed by atoms with Crippen LogP contribution in [0.2, 0.25) is 0 Å². The van der Waals surface area contributed by atoms with Crippen LogP contribution in [0.4, 0.5) is 0 Å². The molecule has 0 unspecified atom stereocenters. The first-order valence-electron chi connectivity index (χ1n) is 9.12. The quantitative estimate of drug-likeness (QED) is 0.709. The molecule has 2 N–H and O–H groups in total. The van der Waals surface area contributed by atoms with Gasteiger partial charge in [0.25, 0.3) is 0 Å². The Morgan fingerprint density at radius 2 is 1.88 bits per heavy atom. The Balaban J connectivity index is 1.95. The third-order valence-electron chi connectivity index (χ3n) is 5.07. The largest absolute Gasteiger partial charge is 0.481 e. The van der Waals surface area contributed by atoms with Gasteiger partial charge in [-0.2, -0.15) is 0 Å². The second kappa shape index (κ2) is 8.86. The van der Waals surface area contributed by atoms with Crippen molar-refractivity contribution in [2.75, 3.05) is 6.54 Å². The van der Waals surface area contributed by atoms with Crippen molar-refractivity contribution in [1.82, 2.24) is 5.32 Å². The summed E-state index contributed by atoms with van der Waals surface area (Å²) in [7, 11) is 0. The van der Waals surface area contributed by atoms with Crippen LogP contribution in [-0.2, 0) is 15.0 Å². The third kappa shape index (κ3) is 4.83. The maximum absolute atomic E-state index is 13.0. The van der Waals surface area contributed by atoms with Crippen LogP contribution in [0.3, 0.4) is 0 Å². The summed E-state index contributed by atoms with van der Waals surface area (Å²) >= 11 is 0. The summed E-state index contributed by atoms with van der Waals surface area (Å²) in [6, 6.07) is 8.35. The van der Waals surface area contributed by atoms with Gasteiger partial charge in [-0.3, -0.25) is 9.59 Å². The number of aryl methyl sites for hydroxylation is 1. The van der Waals surface area contributed by atoms with Crippen LogP contribution < -0.4 is 5.32 Å². The molecule has 0 heterocycles. The molecule has 132 valence electrons. The summed E-state index contributed by atoms with van der Waals surface area (Å²) in [5, 5.41) is 11.8. The minimum atomic E-state index is -0.750. The zero-order valence-corrected chi connectivity index (χ0v) is 14.6. The SMILES string of the molecule is Cc1cccc(C2(C(=O)NCCCCCC(=O)O)CCCCC2)c1. The molecule has 1 saturated carbocycles. The summed E-state index contributed by atoms with van der Waals surface area (Å²) in [5.74, 6) is -0.606. The van der Waals surface area contributed by atoms with E-state index in [0.29, 0.717) is 13.0 Å². The standard InChI is InChI=1S/C20H29NO3/c1-16-9-8-10-17(15-16)20(12-5-3-6-13-20)19(24)21-14-7-2-4-11-18(22)23/h8-10,15H,2-7,11-14H2,1H3,(H,21,24)(H,22,23). The Morgan fingerprint density at radius 3 is 2.54 bits per heavy atom. The van der Waals surface area contributed by atoms with Crippen LogP contribution in [0.5, 0.6) is 0 Å². The Morgan fingerprint density at radius 1 is 1.12 bits per heavy atom. The third-order valence-corrected chi connectivity index (χ3v) is 5.07. The van der Waals surface area contributed by atoms with E-state index in [9.17, 15) is 9.59 Å². The van der Waals surface area contributed by atoms with E-state index in [1.807, 2.05) is 6.07 Å². The predicted molar refractivity (Wildman–Crippen MR) is 95.1 cm³/mol. The number of rotatable bonds is 8. The van der Waals surface area contributed by atoms with Gasteiger partial charge in [-0.15, -0.1) is 0 Å². The molecule has 1 aromatic carbocycles. The molecular formula is C20H29NO3. The minimum absolute atomic E-state index is 0.144. The first-order valence-corrected chi connectivity index (χ1v) is 9.12. The predicted octanol–water partition coefficient (Wildman–Crippen LogP) is 3.96. The van der Waals surface area contributed by atoms with Crippen LogP contribution >= 0.6 is 0 Å². The Bertz CT molecular complexity index is 562. The molecule has 1 aromatic rings. The molecule has 0 aliphatic heterocycles. The van der Waals surface area contributed by atoms with Gasteiger partial charge in [0.2, 0.25) is 5.91 Å². The van der Waals surface area contributed by atoms with Crippen molar-refractivity contribution in [1.29, 1.82) is 0 Å². The van der Waals surface area contributed by atoms with Gasteiger partial charge in [0.15, 0.2) is 0 Å². The maximum atomic E-state index is 13.0. The highest BCUT2D eigenvalue weighted by molar-refractivity contribution is 5.88. The molecule has 1 aliphatic carbocycles. The smallest absolute Gasteiger partial charge is 0.303 e. The van der Waals surface area contributed by atoms with Gasteiger partial charge in [0.05, 0.1) is 5.41 Å². The van der Waals surface area contributed by atoms with E-state index in [2.05, 4.69) is 30.4 Å². The van der Waals surface area contributed by atoms with Gasteiger partial charge < -0.3 is 10.4 Å². The Hall–Kier alpha value is -1.84. The van der Waals surface area contributed by atoms with Crippen molar-refractivity contribution >= 4 is 11.9 Å². The van der Waals surface area contributed by atoms with Gasteiger partial charge in [-0.25, -0.2) is 0 Å². The van der Waals surface area contributed by atoms with E-state index < -0.39 is 5.97 Å². The summed E-state index contributed by atoms with van der Waals surface area (Å²) in [6.07, 6.45) is 7.79.